The number of thiophene rings is 1. The molecule has 2 amide bonds. The molecule has 0 aliphatic rings. The summed E-state index contributed by atoms with van der Waals surface area (Å²) in [6.07, 6.45) is -0.379. The quantitative estimate of drug-likeness (QED) is 0.402. The van der Waals surface area contributed by atoms with E-state index in [2.05, 4.69) is 5.32 Å². The first-order valence-electron chi connectivity index (χ1n) is 10.6. The van der Waals surface area contributed by atoms with Gasteiger partial charge in [0.1, 0.15) is 28.9 Å². The van der Waals surface area contributed by atoms with Gasteiger partial charge in [-0.05, 0) is 69.7 Å². The highest BCUT2D eigenvalue weighted by molar-refractivity contribution is 7.18. The molecule has 180 valence electrons. The molecule has 3 rings (SSSR count). The molecule has 0 radical (unpaired) electrons. The van der Waals surface area contributed by atoms with Gasteiger partial charge >= 0.3 is 5.97 Å². The normalized spacial score (nSPS) is 10.7. The lowest BCUT2D eigenvalue weighted by Crippen LogP contribution is -2.17. The Labute approximate surface area is 200 Å². The third-order valence-electron chi connectivity index (χ3n) is 4.55. The molecule has 1 aromatic carbocycles. The molecule has 0 atom stereocenters. The maximum atomic E-state index is 12.8. The number of nitrogens with one attached hydrogen (secondary N) is 1. The fraction of sp³-hybridized carbons (Fsp3) is 0.292. The second-order valence-corrected chi connectivity index (χ2v) is 8.51. The Morgan fingerprint density at radius 3 is 2.29 bits per heavy atom. The van der Waals surface area contributed by atoms with Gasteiger partial charge in [-0.1, -0.05) is 0 Å². The summed E-state index contributed by atoms with van der Waals surface area (Å²) in [5.41, 5.74) is 5.85. The number of furan rings is 1. The number of benzene rings is 1. The smallest absolute Gasteiger partial charge is 0.341 e. The maximum absolute atomic E-state index is 12.8. The average Bonchev–Trinajstić information content (AvgIpc) is 3.37. The standard InChI is InChI=1S/C24H26N2O7S/c1-5-30-15-6-8-16(9-7-15)31-12-17-10-11-18(33-17)22(28)26-23-19(24(29)32-13(2)3)14(4)20(34-23)21(25)27/h6-11,13H,5,12H2,1-4H3,(H2,25,27)(H,26,28). The Hall–Kier alpha value is -3.79. The Bertz CT molecular complexity index is 1180. The van der Waals surface area contributed by atoms with E-state index in [0.717, 1.165) is 17.1 Å². The maximum Gasteiger partial charge on any atom is 0.341 e. The summed E-state index contributed by atoms with van der Waals surface area (Å²) in [6, 6.07) is 10.2. The summed E-state index contributed by atoms with van der Waals surface area (Å²) >= 11 is 0.908. The van der Waals surface area contributed by atoms with Crippen molar-refractivity contribution in [2.45, 2.75) is 40.4 Å². The zero-order valence-electron chi connectivity index (χ0n) is 19.3. The molecule has 2 heterocycles. The summed E-state index contributed by atoms with van der Waals surface area (Å²) in [7, 11) is 0. The van der Waals surface area contributed by atoms with E-state index in [1.165, 1.54) is 6.07 Å². The number of esters is 1. The molecule has 0 bridgehead atoms. The molecule has 0 aliphatic carbocycles. The Kier molecular flexibility index (Phi) is 7.95. The van der Waals surface area contributed by atoms with Crippen molar-refractivity contribution in [3.05, 3.63) is 63.9 Å². The van der Waals surface area contributed by atoms with Gasteiger partial charge in [0.15, 0.2) is 5.76 Å². The number of nitrogens with two attached hydrogens (primary N) is 1. The third-order valence-corrected chi connectivity index (χ3v) is 5.77. The van der Waals surface area contributed by atoms with Crippen LogP contribution < -0.4 is 20.5 Å². The largest absolute Gasteiger partial charge is 0.494 e. The number of primary amides is 1. The van der Waals surface area contributed by atoms with Gasteiger partial charge in [-0.2, -0.15) is 0 Å². The zero-order valence-corrected chi connectivity index (χ0v) is 20.1. The van der Waals surface area contributed by atoms with Crippen molar-refractivity contribution in [2.24, 2.45) is 5.73 Å². The highest BCUT2D eigenvalue weighted by Gasteiger charge is 2.27. The third kappa shape index (κ3) is 5.96. The lowest BCUT2D eigenvalue weighted by molar-refractivity contribution is 0.0379. The zero-order chi connectivity index (χ0) is 24.8. The molecule has 0 saturated heterocycles. The van der Waals surface area contributed by atoms with E-state index >= 15 is 0 Å². The molecule has 10 heteroatoms. The van der Waals surface area contributed by atoms with Crippen LogP contribution >= 0.6 is 11.3 Å². The molecule has 3 N–H and O–H groups in total. The monoisotopic (exact) mass is 486 g/mol. The lowest BCUT2D eigenvalue weighted by atomic mass is 10.1. The molecule has 9 nitrogen and oxygen atoms in total. The van der Waals surface area contributed by atoms with Gasteiger partial charge in [0.05, 0.1) is 23.2 Å². The minimum Gasteiger partial charge on any atom is -0.494 e. The number of hydrogen-bond acceptors (Lipinski definition) is 8. The van der Waals surface area contributed by atoms with Gasteiger partial charge in [0.2, 0.25) is 0 Å². The van der Waals surface area contributed by atoms with E-state index in [0.29, 0.717) is 23.7 Å². The fourth-order valence-electron chi connectivity index (χ4n) is 3.05. The van der Waals surface area contributed by atoms with Crippen molar-refractivity contribution in [1.29, 1.82) is 0 Å². The number of hydrogen-bond donors (Lipinski definition) is 2. The molecule has 0 spiro atoms. The van der Waals surface area contributed by atoms with E-state index in [4.69, 9.17) is 24.4 Å². The number of anilines is 1. The molecular weight excluding hydrogens is 460 g/mol. The highest BCUT2D eigenvalue weighted by Crippen LogP contribution is 2.34. The first-order valence-corrected chi connectivity index (χ1v) is 11.4. The average molecular weight is 487 g/mol. The minimum absolute atomic E-state index is 0.0140. The summed E-state index contributed by atoms with van der Waals surface area (Å²) in [5, 5.41) is 2.78. The second-order valence-electron chi connectivity index (χ2n) is 7.49. The van der Waals surface area contributed by atoms with Gasteiger partial charge in [-0.25, -0.2) is 4.79 Å². The van der Waals surface area contributed by atoms with Crippen LogP contribution in [0.1, 0.15) is 62.7 Å². The summed E-state index contributed by atoms with van der Waals surface area (Å²) < 4.78 is 21.9. The molecule has 34 heavy (non-hydrogen) atoms. The van der Waals surface area contributed by atoms with Crippen molar-refractivity contribution in [3.8, 4) is 11.5 Å². The van der Waals surface area contributed by atoms with Crippen LogP contribution in [0.15, 0.2) is 40.8 Å². The summed E-state index contributed by atoms with van der Waals surface area (Å²) in [4.78, 5) is 37.3. The summed E-state index contributed by atoms with van der Waals surface area (Å²) in [6.45, 7) is 7.57. The second kappa shape index (κ2) is 10.9. The number of ether oxygens (including phenoxy) is 3. The molecule has 0 fully saturated rings. The van der Waals surface area contributed by atoms with Crippen molar-refractivity contribution in [2.75, 3.05) is 11.9 Å². The van der Waals surface area contributed by atoms with E-state index in [1.54, 1.807) is 51.1 Å². The first kappa shape index (κ1) is 24.8. The molecule has 0 unspecified atom stereocenters. The molecular formula is C24H26N2O7S. The van der Waals surface area contributed by atoms with Crippen molar-refractivity contribution < 1.29 is 33.0 Å². The van der Waals surface area contributed by atoms with Gasteiger partial charge in [0.25, 0.3) is 11.8 Å². The van der Waals surface area contributed by atoms with Gasteiger partial charge < -0.3 is 29.7 Å². The van der Waals surface area contributed by atoms with Crippen LogP contribution in [0.3, 0.4) is 0 Å². The molecule has 3 aromatic rings. The van der Waals surface area contributed by atoms with E-state index in [1.807, 2.05) is 6.92 Å². The molecule has 2 aromatic heterocycles. The number of amides is 2. The van der Waals surface area contributed by atoms with Crippen LogP contribution in [0.4, 0.5) is 5.00 Å². The van der Waals surface area contributed by atoms with Gasteiger partial charge in [-0.3, -0.25) is 9.59 Å². The van der Waals surface area contributed by atoms with Crippen LogP contribution in [0.25, 0.3) is 0 Å². The van der Waals surface area contributed by atoms with Crippen LogP contribution in [0, 0.1) is 6.92 Å². The fourth-order valence-corrected chi connectivity index (χ4v) is 4.09. The first-order chi connectivity index (χ1) is 16.2. The van der Waals surface area contributed by atoms with Crippen LogP contribution in [0.5, 0.6) is 11.5 Å². The van der Waals surface area contributed by atoms with Crippen molar-refractivity contribution >= 4 is 34.1 Å². The number of carbonyl (C=O) groups excluding carboxylic acids is 3. The van der Waals surface area contributed by atoms with E-state index in [-0.39, 0.29) is 33.9 Å². The van der Waals surface area contributed by atoms with E-state index < -0.39 is 17.8 Å². The Balaban J connectivity index is 1.71. The van der Waals surface area contributed by atoms with Crippen LogP contribution in [0.2, 0.25) is 0 Å². The predicted octanol–water partition coefficient (Wildman–Crippen LogP) is 4.54. The van der Waals surface area contributed by atoms with Crippen molar-refractivity contribution in [1.82, 2.24) is 0 Å². The summed E-state index contributed by atoms with van der Waals surface area (Å²) in [5.74, 6) is -0.148. The van der Waals surface area contributed by atoms with E-state index in [9.17, 15) is 14.4 Å². The predicted molar refractivity (Wildman–Crippen MR) is 127 cm³/mol. The molecule has 0 aliphatic heterocycles. The van der Waals surface area contributed by atoms with Crippen LogP contribution in [-0.4, -0.2) is 30.5 Å². The number of rotatable bonds is 10. The number of carbonyl (C=O) groups is 3. The molecule has 0 saturated carbocycles. The van der Waals surface area contributed by atoms with Crippen LogP contribution in [-0.2, 0) is 11.3 Å². The SMILES string of the molecule is CCOc1ccc(OCc2ccc(C(=O)Nc3sc(C(N)=O)c(C)c3C(=O)OC(C)C)o2)cc1. The topological polar surface area (TPSA) is 130 Å². The van der Waals surface area contributed by atoms with Gasteiger partial charge in [-0.15, -0.1) is 11.3 Å². The highest BCUT2D eigenvalue weighted by atomic mass is 32.1. The lowest BCUT2D eigenvalue weighted by Gasteiger charge is -2.10. The van der Waals surface area contributed by atoms with Crippen molar-refractivity contribution in [3.63, 3.8) is 0 Å². The van der Waals surface area contributed by atoms with Gasteiger partial charge in [0, 0.05) is 0 Å². The Morgan fingerprint density at radius 2 is 1.71 bits per heavy atom. The Morgan fingerprint density at radius 1 is 1.06 bits per heavy atom. The minimum atomic E-state index is -0.701.